The predicted molar refractivity (Wildman–Crippen MR) is 121 cm³/mol. The summed E-state index contributed by atoms with van der Waals surface area (Å²) >= 11 is 1.49. The summed E-state index contributed by atoms with van der Waals surface area (Å²) in [6.07, 6.45) is 4.58. The molecule has 0 spiro atoms. The van der Waals surface area contributed by atoms with Gasteiger partial charge >= 0.3 is 0 Å². The van der Waals surface area contributed by atoms with Crippen molar-refractivity contribution < 1.29 is 4.39 Å². The first-order valence-electron chi connectivity index (χ1n) is 9.67. The van der Waals surface area contributed by atoms with E-state index in [1.54, 1.807) is 17.1 Å². The van der Waals surface area contributed by atoms with E-state index in [1.165, 1.54) is 17.5 Å². The van der Waals surface area contributed by atoms with Gasteiger partial charge in [-0.3, -0.25) is 4.68 Å². The van der Waals surface area contributed by atoms with Crippen molar-refractivity contribution in [3.05, 3.63) is 72.9 Å². The van der Waals surface area contributed by atoms with Crippen LogP contribution in [0.3, 0.4) is 0 Å². The lowest BCUT2D eigenvalue weighted by Gasteiger charge is -2.07. The van der Waals surface area contributed by atoms with Gasteiger partial charge in [-0.2, -0.15) is 0 Å². The van der Waals surface area contributed by atoms with Crippen LogP contribution in [0.15, 0.2) is 67.1 Å². The molecule has 0 saturated carbocycles. The van der Waals surface area contributed by atoms with Crippen molar-refractivity contribution in [1.82, 2.24) is 25.0 Å². The number of nitrogens with one attached hydrogen (secondary N) is 1. The summed E-state index contributed by atoms with van der Waals surface area (Å²) in [5, 5.41) is 11.8. The average molecular weight is 432 g/mol. The van der Waals surface area contributed by atoms with Gasteiger partial charge in [0, 0.05) is 34.3 Å². The lowest BCUT2D eigenvalue weighted by Crippen LogP contribution is -2.13. The van der Waals surface area contributed by atoms with Crippen LogP contribution >= 0.6 is 11.3 Å². The Bertz CT molecular complexity index is 1350. The Balaban J connectivity index is 1.48. The number of nitrogens with zero attached hydrogens (tertiary/aromatic N) is 5. The van der Waals surface area contributed by atoms with E-state index in [-0.39, 0.29) is 5.69 Å². The van der Waals surface area contributed by atoms with Crippen molar-refractivity contribution in [3.63, 3.8) is 0 Å². The Labute approximate surface area is 181 Å². The van der Waals surface area contributed by atoms with Crippen molar-refractivity contribution in [1.29, 1.82) is 0 Å². The number of hydrogen-bond acceptors (Lipinski definition) is 7. The normalized spacial score (nSPS) is 11.1. The van der Waals surface area contributed by atoms with Crippen LogP contribution in [-0.2, 0) is 6.54 Å². The zero-order valence-electron chi connectivity index (χ0n) is 16.4. The molecule has 0 atom stereocenters. The highest BCUT2D eigenvalue weighted by atomic mass is 32.1. The predicted octanol–water partition coefficient (Wildman–Crippen LogP) is 4.45. The SMILES string of the molecule is Nc1ccccc1-c1cccc2cc(-c3nc(NCCn4ccnn4)ncc3F)sc12. The summed E-state index contributed by atoms with van der Waals surface area (Å²) in [6, 6.07) is 15.7. The molecule has 31 heavy (non-hydrogen) atoms. The minimum absolute atomic E-state index is 0.270. The van der Waals surface area contributed by atoms with Crippen LogP contribution in [-0.4, -0.2) is 31.5 Å². The lowest BCUT2D eigenvalue weighted by atomic mass is 10.0. The van der Waals surface area contributed by atoms with Crippen molar-refractivity contribution in [2.45, 2.75) is 6.54 Å². The van der Waals surface area contributed by atoms with Crippen LogP contribution in [0, 0.1) is 5.82 Å². The minimum atomic E-state index is -0.464. The summed E-state index contributed by atoms with van der Waals surface area (Å²) in [6.45, 7) is 1.14. The lowest BCUT2D eigenvalue weighted by molar-refractivity contribution is 0.604. The average Bonchev–Trinajstić information content (AvgIpc) is 3.45. The second kappa shape index (κ2) is 8.11. The third-order valence-corrected chi connectivity index (χ3v) is 6.06. The van der Waals surface area contributed by atoms with Gasteiger partial charge in [-0.1, -0.05) is 41.6 Å². The van der Waals surface area contributed by atoms with Gasteiger partial charge in [0.15, 0.2) is 5.82 Å². The van der Waals surface area contributed by atoms with E-state index in [2.05, 4.69) is 25.6 Å². The molecule has 0 unspecified atom stereocenters. The molecule has 0 fully saturated rings. The number of halogens is 1. The first kappa shape index (κ1) is 19.1. The maximum absolute atomic E-state index is 14.6. The first-order valence-corrected chi connectivity index (χ1v) is 10.5. The molecule has 5 aromatic rings. The van der Waals surface area contributed by atoms with Gasteiger partial charge in [-0.25, -0.2) is 14.4 Å². The van der Waals surface area contributed by atoms with Crippen LogP contribution in [0.1, 0.15) is 0 Å². The number of benzene rings is 2. The molecule has 2 aromatic carbocycles. The van der Waals surface area contributed by atoms with Crippen LogP contribution < -0.4 is 11.1 Å². The van der Waals surface area contributed by atoms with E-state index in [1.807, 2.05) is 48.5 Å². The Morgan fingerprint density at radius 1 is 1.10 bits per heavy atom. The number of para-hydroxylation sites is 1. The summed E-state index contributed by atoms with van der Waals surface area (Å²) in [5.74, 6) is -0.101. The molecule has 3 N–H and O–H groups in total. The smallest absolute Gasteiger partial charge is 0.223 e. The van der Waals surface area contributed by atoms with E-state index in [4.69, 9.17) is 5.73 Å². The number of nitrogens with two attached hydrogens (primary N) is 1. The van der Waals surface area contributed by atoms with Gasteiger partial charge < -0.3 is 11.1 Å². The Hall–Kier alpha value is -3.85. The number of hydrogen-bond donors (Lipinski definition) is 2. The molecule has 0 aliphatic rings. The Kier molecular flexibility index (Phi) is 5.01. The fourth-order valence-corrected chi connectivity index (χ4v) is 4.57. The van der Waals surface area contributed by atoms with Gasteiger partial charge in [0.1, 0.15) is 5.69 Å². The first-order chi connectivity index (χ1) is 15.2. The van der Waals surface area contributed by atoms with E-state index >= 15 is 0 Å². The molecule has 0 saturated heterocycles. The number of thiophene rings is 1. The summed E-state index contributed by atoms with van der Waals surface area (Å²) in [7, 11) is 0. The standard InChI is InChI=1S/C22H18FN7S/c23-17-13-26-22(25-8-10-30-11-9-27-29-30)28-20(17)19-12-14-4-3-6-16(21(14)31-19)15-5-1-2-7-18(15)24/h1-7,9,11-13H,8,10,24H2,(H,25,26,28). The third kappa shape index (κ3) is 3.82. The molecule has 3 aromatic heterocycles. The molecule has 7 nitrogen and oxygen atoms in total. The molecule has 9 heteroatoms. The second-order valence-corrected chi connectivity index (χ2v) is 7.96. The fraction of sp³-hybridized carbons (Fsp3) is 0.0909. The van der Waals surface area contributed by atoms with Gasteiger partial charge in [-0.15, -0.1) is 16.4 Å². The molecule has 3 heterocycles. The Morgan fingerprint density at radius 3 is 2.81 bits per heavy atom. The highest BCUT2D eigenvalue weighted by Gasteiger charge is 2.15. The summed E-state index contributed by atoms with van der Waals surface area (Å²) < 4.78 is 17.4. The Morgan fingerprint density at radius 2 is 1.97 bits per heavy atom. The number of aromatic nitrogens is 5. The molecule has 0 amide bonds. The number of fused-ring (bicyclic) bond motifs is 1. The minimum Gasteiger partial charge on any atom is -0.398 e. The van der Waals surface area contributed by atoms with Gasteiger partial charge in [0.05, 0.1) is 23.8 Å². The highest BCUT2D eigenvalue weighted by molar-refractivity contribution is 7.22. The molecular formula is C22H18FN7S. The molecular weight excluding hydrogens is 413 g/mol. The highest BCUT2D eigenvalue weighted by Crippen LogP contribution is 2.40. The zero-order chi connectivity index (χ0) is 21.2. The third-order valence-electron chi connectivity index (χ3n) is 4.87. The van der Waals surface area contributed by atoms with Gasteiger partial charge in [0.2, 0.25) is 5.95 Å². The summed E-state index contributed by atoms with van der Waals surface area (Å²) in [4.78, 5) is 9.21. The van der Waals surface area contributed by atoms with Crippen LogP contribution in [0.5, 0.6) is 0 Å². The quantitative estimate of drug-likeness (QED) is 0.386. The molecule has 0 aliphatic heterocycles. The largest absolute Gasteiger partial charge is 0.398 e. The van der Waals surface area contributed by atoms with Crippen molar-refractivity contribution in [2.75, 3.05) is 17.6 Å². The molecule has 5 rings (SSSR count). The van der Waals surface area contributed by atoms with E-state index < -0.39 is 5.82 Å². The van der Waals surface area contributed by atoms with Crippen LogP contribution in [0.25, 0.3) is 31.8 Å². The number of nitrogen functional groups attached to an aromatic ring is 1. The number of anilines is 2. The zero-order valence-corrected chi connectivity index (χ0v) is 17.2. The van der Waals surface area contributed by atoms with Crippen LogP contribution in [0.2, 0.25) is 0 Å². The van der Waals surface area contributed by atoms with Crippen molar-refractivity contribution in [3.8, 4) is 21.7 Å². The fourth-order valence-electron chi connectivity index (χ4n) is 3.39. The van der Waals surface area contributed by atoms with E-state index in [0.717, 1.165) is 26.1 Å². The van der Waals surface area contributed by atoms with Gasteiger partial charge in [-0.05, 0) is 17.5 Å². The van der Waals surface area contributed by atoms with E-state index in [0.29, 0.717) is 24.7 Å². The molecule has 0 aliphatic carbocycles. The molecule has 154 valence electrons. The van der Waals surface area contributed by atoms with Crippen molar-refractivity contribution in [2.24, 2.45) is 0 Å². The van der Waals surface area contributed by atoms with Crippen molar-refractivity contribution >= 4 is 33.1 Å². The second-order valence-electron chi connectivity index (χ2n) is 6.90. The maximum Gasteiger partial charge on any atom is 0.223 e. The van der Waals surface area contributed by atoms with E-state index in [9.17, 15) is 4.39 Å². The van der Waals surface area contributed by atoms with Gasteiger partial charge in [0.25, 0.3) is 0 Å². The molecule has 0 radical (unpaired) electrons. The topological polar surface area (TPSA) is 94.5 Å². The number of rotatable bonds is 6. The molecule has 0 bridgehead atoms. The van der Waals surface area contributed by atoms with Crippen LogP contribution in [0.4, 0.5) is 16.0 Å². The maximum atomic E-state index is 14.6. The summed E-state index contributed by atoms with van der Waals surface area (Å²) in [5.41, 5.74) is 9.15. The monoisotopic (exact) mass is 431 g/mol.